The molecule has 256 valence electrons. The summed E-state index contributed by atoms with van der Waals surface area (Å²) in [6.07, 6.45) is 0.657. The van der Waals surface area contributed by atoms with Gasteiger partial charge in [-0.05, 0) is 38.2 Å². The van der Waals surface area contributed by atoms with Crippen LogP contribution in [0.15, 0.2) is 30.3 Å². The molecule has 0 saturated carbocycles. The zero-order valence-corrected chi connectivity index (χ0v) is 29.0. The summed E-state index contributed by atoms with van der Waals surface area (Å²) in [7, 11) is 1.48. The van der Waals surface area contributed by atoms with Crippen LogP contribution in [0.1, 0.15) is 79.3 Å². The standard InChI is InChI=1S/C33H47N7O6S/c1-18(2)26-30(44)35-21(6)28(42)38-24(16-22-12-9-8-10-13-22)33(46)40(7)17-25(41)34-15-11-14-23(29(43)39-26)37-31(45)27-20(5)36-32(47-27)19(3)4/h8-10,12-13,18-19,21,23-24,26H,11,14-17H2,1-7H3,(H,34,41)(H,35,44)(H,37,45)(H,38,42)(H,39,43)/t21-,23+,24+,26-/m1/s1. The highest BCUT2D eigenvalue weighted by Crippen LogP contribution is 2.24. The van der Waals surface area contributed by atoms with E-state index in [1.54, 1.807) is 20.8 Å². The van der Waals surface area contributed by atoms with E-state index in [1.807, 2.05) is 44.2 Å². The second-order valence-electron chi connectivity index (χ2n) is 12.5. The number of carbonyl (C=O) groups is 6. The molecule has 47 heavy (non-hydrogen) atoms. The Bertz CT molecular complexity index is 1440. The summed E-state index contributed by atoms with van der Waals surface area (Å²) in [6.45, 7) is 10.6. The molecule has 1 saturated heterocycles. The summed E-state index contributed by atoms with van der Waals surface area (Å²) in [4.78, 5) is 86.0. The lowest BCUT2D eigenvalue weighted by atomic mass is 10.0. The average Bonchev–Trinajstić information content (AvgIpc) is 3.42. The number of nitrogens with zero attached hydrogens (tertiary/aromatic N) is 2. The molecule has 3 rings (SSSR count). The summed E-state index contributed by atoms with van der Waals surface area (Å²) >= 11 is 1.26. The number of hydrogen-bond donors (Lipinski definition) is 5. The molecular formula is C33H47N7O6S. The number of amides is 6. The Morgan fingerprint density at radius 3 is 2.30 bits per heavy atom. The molecule has 14 heteroatoms. The SMILES string of the molecule is Cc1nc(C(C)C)sc1C(=O)N[C@H]1CCCNC(=O)CN(C)C(=O)[C@H](Cc2ccccc2)NC(=O)[C@@H](C)NC(=O)[C@@H](C(C)C)NC1=O. The van der Waals surface area contributed by atoms with Crippen molar-refractivity contribution in [3.63, 3.8) is 0 Å². The van der Waals surface area contributed by atoms with Crippen molar-refractivity contribution in [1.82, 2.24) is 36.5 Å². The molecule has 0 unspecified atom stereocenters. The van der Waals surface area contributed by atoms with Crippen molar-refractivity contribution in [2.24, 2.45) is 5.92 Å². The van der Waals surface area contributed by atoms with Gasteiger partial charge in [-0.2, -0.15) is 0 Å². The Morgan fingerprint density at radius 2 is 1.68 bits per heavy atom. The van der Waals surface area contributed by atoms with Gasteiger partial charge >= 0.3 is 0 Å². The van der Waals surface area contributed by atoms with E-state index < -0.39 is 59.6 Å². The van der Waals surface area contributed by atoms with Crippen LogP contribution in [-0.2, 0) is 30.4 Å². The highest BCUT2D eigenvalue weighted by molar-refractivity contribution is 7.13. The molecule has 1 aliphatic rings. The fourth-order valence-electron chi connectivity index (χ4n) is 5.02. The first-order valence-electron chi connectivity index (χ1n) is 15.9. The van der Waals surface area contributed by atoms with Gasteiger partial charge in [-0.1, -0.05) is 58.0 Å². The molecular weight excluding hydrogens is 622 g/mol. The number of nitrogens with one attached hydrogen (secondary N) is 5. The number of thiazole rings is 1. The Kier molecular flexibility index (Phi) is 13.4. The molecule has 2 aromatic rings. The van der Waals surface area contributed by atoms with Crippen molar-refractivity contribution in [3.05, 3.63) is 51.5 Å². The van der Waals surface area contributed by atoms with Gasteiger partial charge in [0.2, 0.25) is 29.5 Å². The number of hydrogen-bond acceptors (Lipinski definition) is 8. The van der Waals surface area contributed by atoms with Crippen LogP contribution in [0.4, 0.5) is 0 Å². The molecule has 5 N–H and O–H groups in total. The molecule has 6 amide bonds. The topological polar surface area (TPSA) is 179 Å². The molecule has 0 aliphatic carbocycles. The summed E-state index contributed by atoms with van der Waals surface area (Å²) < 4.78 is 0. The molecule has 2 heterocycles. The quantitative estimate of drug-likeness (QED) is 0.309. The molecule has 1 aromatic carbocycles. The van der Waals surface area contributed by atoms with E-state index in [-0.39, 0.29) is 37.8 Å². The van der Waals surface area contributed by atoms with E-state index in [0.29, 0.717) is 17.0 Å². The molecule has 0 radical (unpaired) electrons. The van der Waals surface area contributed by atoms with Crippen molar-refractivity contribution in [2.75, 3.05) is 20.1 Å². The van der Waals surface area contributed by atoms with Crippen LogP contribution < -0.4 is 26.6 Å². The molecule has 1 aliphatic heterocycles. The number of aromatic nitrogens is 1. The minimum Gasteiger partial charge on any atom is -0.355 e. The van der Waals surface area contributed by atoms with Crippen molar-refractivity contribution in [1.29, 1.82) is 0 Å². The number of carbonyl (C=O) groups excluding carboxylic acids is 6. The minimum absolute atomic E-state index is 0.127. The van der Waals surface area contributed by atoms with Gasteiger partial charge in [0.25, 0.3) is 5.91 Å². The smallest absolute Gasteiger partial charge is 0.263 e. The van der Waals surface area contributed by atoms with Crippen molar-refractivity contribution >= 4 is 46.8 Å². The third kappa shape index (κ3) is 10.6. The Balaban J connectivity index is 1.86. The van der Waals surface area contributed by atoms with E-state index in [9.17, 15) is 28.8 Å². The van der Waals surface area contributed by atoms with E-state index in [2.05, 4.69) is 31.6 Å². The van der Waals surface area contributed by atoms with E-state index in [4.69, 9.17) is 0 Å². The molecule has 4 atom stereocenters. The van der Waals surface area contributed by atoms with Crippen LogP contribution >= 0.6 is 11.3 Å². The number of aryl methyl sites for hydroxylation is 1. The van der Waals surface area contributed by atoms with Gasteiger partial charge in [0.15, 0.2) is 0 Å². The lowest BCUT2D eigenvalue weighted by Crippen LogP contribution is -2.59. The predicted octanol–water partition coefficient (Wildman–Crippen LogP) is 1.41. The zero-order valence-electron chi connectivity index (χ0n) is 28.1. The third-order valence-electron chi connectivity index (χ3n) is 7.78. The molecule has 0 bridgehead atoms. The lowest BCUT2D eigenvalue weighted by molar-refractivity contribution is -0.139. The maximum absolute atomic E-state index is 13.6. The summed E-state index contributed by atoms with van der Waals surface area (Å²) in [6, 6.07) is 5.03. The van der Waals surface area contributed by atoms with Crippen LogP contribution in [0.5, 0.6) is 0 Å². The van der Waals surface area contributed by atoms with Crippen LogP contribution in [0, 0.1) is 12.8 Å². The molecule has 1 aromatic heterocycles. The molecule has 0 spiro atoms. The van der Waals surface area contributed by atoms with Gasteiger partial charge in [-0.15, -0.1) is 11.3 Å². The Labute approximate surface area is 280 Å². The van der Waals surface area contributed by atoms with Gasteiger partial charge in [0.05, 0.1) is 17.2 Å². The third-order valence-corrected chi connectivity index (χ3v) is 9.24. The van der Waals surface area contributed by atoms with Gasteiger partial charge in [-0.3, -0.25) is 28.8 Å². The van der Waals surface area contributed by atoms with Crippen molar-refractivity contribution in [2.45, 2.75) is 90.9 Å². The fraction of sp³-hybridized carbons (Fsp3) is 0.545. The second-order valence-corrected chi connectivity index (χ2v) is 13.6. The maximum Gasteiger partial charge on any atom is 0.263 e. The normalized spacial score (nSPS) is 22.6. The van der Waals surface area contributed by atoms with Crippen molar-refractivity contribution in [3.8, 4) is 0 Å². The molecule has 1 fully saturated rings. The minimum atomic E-state index is -1.06. The number of rotatable bonds is 6. The monoisotopic (exact) mass is 669 g/mol. The van der Waals surface area contributed by atoms with Crippen LogP contribution in [-0.4, -0.2) is 89.6 Å². The van der Waals surface area contributed by atoms with Crippen LogP contribution in [0.25, 0.3) is 0 Å². The second kappa shape index (κ2) is 17.0. The maximum atomic E-state index is 13.6. The van der Waals surface area contributed by atoms with Crippen molar-refractivity contribution < 1.29 is 28.8 Å². The largest absolute Gasteiger partial charge is 0.355 e. The first kappa shape index (κ1) is 37.1. The number of benzene rings is 1. The zero-order chi connectivity index (χ0) is 34.8. The van der Waals surface area contributed by atoms with E-state index in [1.165, 1.54) is 30.2 Å². The van der Waals surface area contributed by atoms with E-state index in [0.717, 1.165) is 10.6 Å². The van der Waals surface area contributed by atoms with Crippen LogP contribution in [0.3, 0.4) is 0 Å². The summed E-state index contributed by atoms with van der Waals surface area (Å²) in [5.74, 6) is -3.35. The van der Waals surface area contributed by atoms with Crippen LogP contribution in [0.2, 0.25) is 0 Å². The lowest BCUT2D eigenvalue weighted by Gasteiger charge is -2.28. The van der Waals surface area contributed by atoms with Gasteiger partial charge < -0.3 is 31.5 Å². The summed E-state index contributed by atoms with van der Waals surface area (Å²) in [5.41, 5.74) is 1.36. The van der Waals surface area contributed by atoms with Gasteiger partial charge in [-0.25, -0.2) is 4.98 Å². The summed E-state index contributed by atoms with van der Waals surface area (Å²) in [5, 5.41) is 14.5. The Morgan fingerprint density at radius 1 is 1.00 bits per heavy atom. The van der Waals surface area contributed by atoms with E-state index >= 15 is 0 Å². The first-order valence-corrected chi connectivity index (χ1v) is 16.7. The first-order chi connectivity index (χ1) is 22.2. The van der Waals surface area contributed by atoms with Gasteiger partial charge in [0.1, 0.15) is 29.0 Å². The highest BCUT2D eigenvalue weighted by atomic mass is 32.1. The number of likely N-dealkylation sites (N-methyl/N-ethyl adjacent to an activating group) is 1. The Hall–Kier alpha value is -4.33. The highest BCUT2D eigenvalue weighted by Gasteiger charge is 2.33. The fourth-order valence-corrected chi connectivity index (χ4v) is 5.99. The van der Waals surface area contributed by atoms with Gasteiger partial charge in [0, 0.05) is 25.9 Å². The average molecular weight is 670 g/mol. The molecule has 13 nitrogen and oxygen atoms in total. The predicted molar refractivity (Wildman–Crippen MR) is 179 cm³/mol.